The second-order valence-corrected chi connectivity index (χ2v) is 6.72. The molecular formula is C20H25NO3. The molecule has 0 fully saturated rings. The Morgan fingerprint density at radius 2 is 2.04 bits per heavy atom. The maximum atomic E-state index is 12.2. The fourth-order valence-electron chi connectivity index (χ4n) is 3.40. The Labute approximate surface area is 142 Å². The number of carbonyl (C=O) groups is 1. The number of amides is 1. The fraction of sp³-hybridized carbons (Fsp3) is 0.450. The summed E-state index contributed by atoms with van der Waals surface area (Å²) in [6.07, 6.45) is 6.45. The van der Waals surface area contributed by atoms with Crippen LogP contribution in [-0.2, 0) is 24.1 Å². The highest BCUT2D eigenvalue weighted by Gasteiger charge is 2.17. The highest BCUT2D eigenvalue weighted by Crippen LogP contribution is 2.22. The van der Waals surface area contributed by atoms with Crippen molar-refractivity contribution in [1.29, 1.82) is 0 Å². The van der Waals surface area contributed by atoms with Crippen LogP contribution in [0.1, 0.15) is 54.7 Å². The molecule has 2 unspecified atom stereocenters. The second-order valence-electron chi connectivity index (χ2n) is 6.72. The first-order valence-corrected chi connectivity index (χ1v) is 8.73. The molecule has 1 amide bonds. The minimum absolute atomic E-state index is 0.00935. The van der Waals surface area contributed by atoms with Gasteiger partial charge in [-0.05, 0) is 61.4 Å². The van der Waals surface area contributed by atoms with Gasteiger partial charge in [0.1, 0.15) is 11.9 Å². The minimum Gasteiger partial charge on any atom is -0.467 e. The van der Waals surface area contributed by atoms with Crippen LogP contribution in [0, 0.1) is 0 Å². The molecule has 0 bridgehead atoms. The van der Waals surface area contributed by atoms with Crippen LogP contribution < -0.4 is 5.32 Å². The van der Waals surface area contributed by atoms with Gasteiger partial charge in [0.2, 0.25) is 5.91 Å². The summed E-state index contributed by atoms with van der Waals surface area (Å²) < 4.78 is 5.19. The molecule has 1 aromatic carbocycles. The van der Waals surface area contributed by atoms with Gasteiger partial charge in [0, 0.05) is 12.5 Å². The molecule has 1 heterocycles. The van der Waals surface area contributed by atoms with Crippen molar-refractivity contribution in [1.82, 2.24) is 5.32 Å². The summed E-state index contributed by atoms with van der Waals surface area (Å²) in [7, 11) is 0. The van der Waals surface area contributed by atoms with E-state index in [4.69, 9.17) is 4.42 Å². The SMILES string of the molecule is CC(CC(O)c1ccco1)NC(=O)Cc1ccc2c(c1)CCCC2. The van der Waals surface area contributed by atoms with Crippen molar-refractivity contribution in [3.63, 3.8) is 0 Å². The van der Waals surface area contributed by atoms with Crippen molar-refractivity contribution in [2.75, 3.05) is 0 Å². The Morgan fingerprint density at radius 3 is 2.79 bits per heavy atom. The lowest BCUT2D eigenvalue weighted by Crippen LogP contribution is -2.34. The largest absolute Gasteiger partial charge is 0.467 e. The summed E-state index contributed by atoms with van der Waals surface area (Å²) in [6, 6.07) is 9.78. The zero-order valence-electron chi connectivity index (χ0n) is 14.1. The van der Waals surface area contributed by atoms with E-state index in [1.165, 1.54) is 30.2 Å². The van der Waals surface area contributed by atoms with Crippen LogP contribution >= 0.6 is 0 Å². The molecule has 24 heavy (non-hydrogen) atoms. The third kappa shape index (κ3) is 4.26. The lowest BCUT2D eigenvalue weighted by Gasteiger charge is -2.18. The van der Waals surface area contributed by atoms with E-state index in [1.807, 2.05) is 6.92 Å². The van der Waals surface area contributed by atoms with Gasteiger partial charge in [-0.3, -0.25) is 4.79 Å². The summed E-state index contributed by atoms with van der Waals surface area (Å²) in [5, 5.41) is 13.0. The average molecular weight is 327 g/mol. The lowest BCUT2D eigenvalue weighted by molar-refractivity contribution is -0.121. The van der Waals surface area contributed by atoms with E-state index in [9.17, 15) is 9.90 Å². The molecule has 0 spiro atoms. The number of furan rings is 1. The van der Waals surface area contributed by atoms with Gasteiger partial charge in [0.25, 0.3) is 0 Å². The van der Waals surface area contributed by atoms with Crippen LogP contribution in [0.5, 0.6) is 0 Å². The molecule has 0 aliphatic heterocycles. The van der Waals surface area contributed by atoms with Crippen LogP contribution in [0.2, 0.25) is 0 Å². The van der Waals surface area contributed by atoms with Crippen LogP contribution in [0.3, 0.4) is 0 Å². The van der Waals surface area contributed by atoms with Crippen molar-refractivity contribution in [2.45, 2.75) is 57.6 Å². The Bertz CT molecular complexity index is 678. The van der Waals surface area contributed by atoms with Gasteiger partial charge in [-0.15, -0.1) is 0 Å². The van der Waals surface area contributed by atoms with Gasteiger partial charge >= 0.3 is 0 Å². The molecule has 0 saturated carbocycles. The Hall–Kier alpha value is -2.07. The first-order valence-electron chi connectivity index (χ1n) is 8.73. The van der Waals surface area contributed by atoms with E-state index in [0.29, 0.717) is 18.6 Å². The second kappa shape index (κ2) is 7.67. The summed E-state index contributed by atoms with van der Waals surface area (Å²) >= 11 is 0. The van der Waals surface area contributed by atoms with Crippen molar-refractivity contribution in [3.8, 4) is 0 Å². The minimum atomic E-state index is -0.695. The molecule has 2 aromatic rings. The third-order valence-electron chi connectivity index (χ3n) is 4.63. The van der Waals surface area contributed by atoms with Crippen molar-refractivity contribution < 1.29 is 14.3 Å². The molecule has 128 valence electrons. The van der Waals surface area contributed by atoms with E-state index in [-0.39, 0.29) is 11.9 Å². The van der Waals surface area contributed by atoms with E-state index >= 15 is 0 Å². The zero-order valence-corrected chi connectivity index (χ0v) is 14.1. The fourth-order valence-corrected chi connectivity index (χ4v) is 3.40. The van der Waals surface area contributed by atoms with E-state index < -0.39 is 6.10 Å². The zero-order chi connectivity index (χ0) is 16.9. The molecule has 4 nitrogen and oxygen atoms in total. The van der Waals surface area contributed by atoms with E-state index in [2.05, 4.69) is 23.5 Å². The number of rotatable bonds is 6. The number of fused-ring (bicyclic) bond motifs is 1. The smallest absolute Gasteiger partial charge is 0.224 e. The lowest BCUT2D eigenvalue weighted by atomic mass is 9.90. The molecule has 1 aliphatic carbocycles. The molecule has 1 aliphatic rings. The van der Waals surface area contributed by atoms with Crippen LogP contribution in [0.15, 0.2) is 41.0 Å². The summed E-state index contributed by atoms with van der Waals surface area (Å²) in [5.41, 5.74) is 3.89. The summed E-state index contributed by atoms with van der Waals surface area (Å²) in [4.78, 5) is 12.2. The van der Waals surface area contributed by atoms with Crippen LogP contribution in [0.4, 0.5) is 0 Å². The monoisotopic (exact) mass is 327 g/mol. The average Bonchev–Trinajstić information content (AvgIpc) is 3.09. The van der Waals surface area contributed by atoms with E-state index in [0.717, 1.165) is 18.4 Å². The van der Waals surface area contributed by atoms with Gasteiger partial charge in [-0.25, -0.2) is 0 Å². The molecule has 2 N–H and O–H groups in total. The van der Waals surface area contributed by atoms with E-state index in [1.54, 1.807) is 12.1 Å². The van der Waals surface area contributed by atoms with Gasteiger partial charge in [0.05, 0.1) is 12.7 Å². The number of hydrogen-bond acceptors (Lipinski definition) is 3. The standard InChI is InChI=1S/C20H25NO3/c1-14(11-18(22)19-7-4-10-24-19)21-20(23)13-15-8-9-16-5-2-3-6-17(16)12-15/h4,7-10,12,14,18,22H,2-3,5-6,11,13H2,1H3,(H,21,23). The molecule has 3 rings (SSSR count). The molecule has 2 atom stereocenters. The third-order valence-corrected chi connectivity index (χ3v) is 4.63. The highest BCUT2D eigenvalue weighted by atomic mass is 16.4. The Balaban J connectivity index is 1.51. The first kappa shape index (κ1) is 16.8. The number of aliphatic hydroxyl groups is 1. The predicted octanol–water partition coefficient (Wildman–Crippen LogP) is 3.33. The van der Waals surface area contributed by atoms with Gasteiger partial charge < -0.3 is 14.8 Å². The number of aryl methyl sites for hydroxylation is 2. The number of hydrogen-bond donors (Lipinski definition) is 2. The predicted molar refractivity (Wildman–Crippen MR) is 92.7 cm³/mol. The number of aliphatic hydroxyl groups excluding tert-OH is 1. The quantitative estimate of drug-likeness (QED) is 0.855. The Morgan fingerprint density at radius 1 is 1.25 bits per heavy atom. The Kier molecular flexibility index (Phi) is 5.36. The van der Waals surface area contributed by atoms with Gasteiger partial charge in [0.15, 0.2) is 0 Å². The van der Waals surface area contributed by atoms with Crippen LogP contribution in [0.25, 0.3) is 0 Å². The first-order chi connectivity index (χ1) is 11.6. The molecule has 4 heteroatoms. The van der Waals surface area contributed by atoms with Gasteiger partial charge in [-0.1, -0.05) is 18.2 Å². The number of nitrogens with one attached hydrogen (secondary N) is 1. The summed E-state index contributed by atoms with van der Waals surface area (Å²) in [6.45, 7) is 1.90. The summed E-state index contributed by atoms with van der Waals surface area (Å²) in [5.74, 6) is 0.524. The van der Waals surface area contributed by atoms with Crippen molar-refractivity contribution in [3.05, 3.63) is 59.0 Å². The topological polar surface area (TPSA) is 62.5 Å². The molecule has 0 radical (unpaired) electrons. The maximum absolute atomic E-state index is 12.2. The van der Waals surface area contributed by atoms with Crippen LogP contribution in [-0.4, -0.2) is 17.1 Å². The maximum Gasteiger partial charge on any atom is 0.224 e. The molecular weight excluding hydrogens is 302 g/mol. The van der Waals surface area contributed by atoms with Gasteiger partial charge in [-0.2, -0.15) is 0 Å². The van der Waals surface area contributed by atoms with Crippen molar-refractivity contribution in [2.24, 2.45) is 0 Å². The molecule has 0 saturated heterocycles. The van der Waals surface area contributed by atoms with Crippen molar-refractivity contribution >= 4 is 5.91 Å². The highest BCUT2D eigenvalue weighted by molar-refractivity contribution is 5.78. The number of carbonyl (C=O) groups excluding carboxylic acids is 1. The normalized spacial score (nSPS) is 16.2. The molecule has 1 aromatic heterocycles. The number of benzene rings is 1.